The van der Waals surface area contributed by atoms with Crippen LogP contribution in [0.1, 0.15) is 97.3 Å². The van der Waals surface area contributed by atoms with Gasteiger partial charge in [-0.05, 0) is 44.9 Å². The monoisotopic (exact) mass is 644 g/mol. The highest BCUT2D eigenvalue weighted by Gasteiger charge is 2.31. The molecule has 2 atom stereocenters. The summed E-state index contributed by atoms with van der Waals surface area (Å²) >= 11 is 0. The van der Waals surface area contributed by atoms with Crippen molar-refractivity contribution in [2.45, 2.75) is 109 Å². The third-order valence-electron chi connectivity index (χ3n) is 6.96. The van der Waals surface area contributed by atoms with Gasteiger partial charge < -0.3 is 23.8 Å². The minimum atomic E-state index is -0.893. The Morgan fingerprint density at radius 3 is 1.98 bits per heavy atom. The number of ether oxygens (including phenoxy) is 3. The number of rotatable bonds is 28. The Labute approximate surface area is 279 Å². The number of hydrogen-bond acceptors (Lipinski definition) is 6. The highest BCUT2D eigenvalue weighted by molar-refractivity contribution is 5.72. The van der Waals surface area contributed by atoms with Crippen molar-refractivity contribution in [3.8, 4) is 0 Å². The second-order valence-corrected chi connectivity index (χ2v) is 12.1. The lowest BCUT2D eigenvalue weighted by Crippen LogP contribution is -2.50. The summed E-state index contributed by atoms with van der Waals surface area (Å²) in [6, 6.07) is -0.628. The van der Waals surface area contributed by atoms with Gasteiger partial charge >= 0.3 is 17.9 Å². The number of allylic oxidation sites excluding steroid dienone is 12. The molecular formula is C38H62NO7+. The third kappa shape index (κ3) is 27.1. The van der Waals surface area contributed by atoms with Gasteiger partial charge in [0.15, 0.2) is 12.1 Å². The van der Waals surface area contributed by atoms with Gasteiger partial charge in [0.05, 0.1) is 34.4 Å². The molecule has 0 aliphatic carbocycles. The predicted molar refractivity (Wildman–Crippen MR) is 187 cm³/mol. The lowest BCUT2D eigenvalue weighted by molar-refractivity contribution is -0.887. The Bertz CT molecular complexity index is 985. The molecule has 0 bridgehead atoms. The zero-order valence-corrected chi connectivity index (χ0v) is 29.2. The van der Waals surface area contributed by atoms with E-state index in [0.717, 1.165) is 57.8 Å². The molecule has 0 saturated carbocycles. The molecule has 0 fully saturated rings. The Morgan fingerprint density at radius 1 is 0.674 bits per heavy atom. The van der Waals surface area contributed by atoms with Crippen molar-refractivity contribution in [3.05, 3.63) is 72.9 Å². The van der Waals surface area contributed by atoms with E-state index in [1.54, 1.807) is 0 Å². The average molecular weight is 645 g/mol. The topological polar surface area (TPSA) is 99.1 Å². The van der Waals surface area contributed by atoms with Crippen molar-refractivity contribution in [1.29, 1.82) is 0 Å². The van der Waals surface area contributed by atoms with Crippen molar-refractivity contribution >= 4 is 17.9 Å². The molecule has 0 aliphatic heterocycles. The first kappa shape index (κ1) is 42.8. The number of carbonyl (C=O) groups excluding carboxylic acids is 2. The SMILES string of the molecule is CC/C=C/C=C/C=C/C=C/CCCCCCCC(=O)OCC(COCCC(C(=O)O)[N+](C)(C)C)OC(=O)CC/C=C/C/C=C/CC. The molecule has 0 aromatic heterocycles. The summed E-state index contributed by atoms with van der Waals surface area (Å²) in [5.41, 5.74) is 0. The van der Waals surface area contributed by atoms with E-state index in [0.29, 0.717) is 19.3 Å². The fourth-order valence-electron chi connectivity index (χ4n) is 4.34. The molecular weight excluding hydrogens is 582 g/mol. The summed E-state index contributed by atoms with van der Waals surface area (Å²) in [6.07, 6.45) is 34.1. The van der Waals surface area contributed by atoms with Crippen LogP contribution in [0.3, 0.4) is 0 Å². The van der Waals surface area contributed by atoms with Crippen LogP contribution in [-0.4, -0.2) is 80.6 Å². The number of quaternary nitrogens is 1. The zero-order valence-electron chi connectivity index (χ0n) is 29.2. The number of carboxylic acids is 1. The highest BCUT2D eigenvalue weighted by atomic mass is 16.6. The molecule has 1 N–H and O–H groups in total. The molecule has 0 amide bonds. The number of hydrogen-bond donors (Lipinski definition) is 1. The number of carbonyl (C=O) groups is 3. The van der Waals surface area contributed by atoms with E-state index in [9.17, 15) is 19.5 Å². The van der Waals surface area contributed by atoms with Gasteiger partial charge in [-0.2, -0.15) is 0 Å². The van der Waals surface area contributed by atoms with Crippen LogP contribution >= 0.6 is 0 Å². The standard InChI is InChI=1S/C38H61NO7/c1-6-8-10-12-14-15-16-17-18-19-20-21-23-24-26-28-36(40)45-33-34(32-44-31-30-35(38(42)43)39(3,4)5)46-37(41)29-27-25-22-13-11-9-7-2/h8-12,14-18,22,25,34-35H,6-7,13,19-21,23-24,26-33H2,1-5H3/p+1/b10-8+,11-9+,14-12+,16-15+,18-17+,25-22+. The van der Waals surface area contributed by atoms with Crippen LogP contribution in [0.2, 0.25) is 0 Å². The van der Waals surface area contributed by atoms with Gasteiger partial charge in [0.2, 0.25) is 0 Å². The van der Waals surface area contributed by atoms with E-state index in [2.05, 4.69) is 44.2 Å². The molecule has 2 unspecified atom stereocenters. The summed E-state index contributed by atoms with van der Waals surface area (Å²) in [7, 11) is 5.46. The van der Waals surface area contributed by atoms with Crippen molar-refractivity contribution in [3.63, 3.8) is 0 Å². The maximum atomic E-state index is 12.5. The Kier molecular flexibility index (Phi) is 27.1. The molecule has 0 rings (SSSR count). The molecule has 0 aliphatic rings. The molecule has 46 heavy (non-hydrogen) atoms. The van der Waals surface area contributed by atoms with Crippen LogP contribution in [0.4, 0.5) is 0 Å². The van der Waals surface area contributed by atoms with Crippen LogP contribution in [0.25, 0.3) is 0 Å². The van der Waals surface area contributed by atoms with Gasteiger partial charge in [0, 0.05) is 19.3 Å². The maximum Gasteiger partial charge on any atom is 0.362 e. The van der Waals surface area contributed by atoms with Crippen LogP contribution in [0.5, 0.6) is 0 Å². The molecule has 8 heteroatoms. The summed E-state index contributed by atoms with van der Waals surface area (Å²) in [4.78, 5) is 36.5. The van der Waals surface area contributed by atoms with E-state index in [4.69, 9.17) is 14.2 Å². The van der Waals surface area contributed by atoms with Gasteiger partial charge in [0.1, 0.15) is 6.61 Å². The van der Waals surface area contributed by atoms with Crippen LogP contribution in [0, 0.1) is 0 Å². The number of nitrogens with zero attached hydrogens (tertiary/aromatic N) is 1. The van der Waals surface area contributed by atoms with Crippen LogP contribution in [-0.2, 0) is 28.6 Å². The first-order valence-electron chi connectivity index (χ1n) is 17.0. The number of esters is 2. The molecule has 0 heterocycles. The second kappa shape index (κ2) is 29.2. The van der Waals surface area contributed by atoms with Crippen molar-refractivity contribution in [1.82, 2.24) is 0 Å². The smallest absolute Gasteiger partial charge is 0.362 e. The maximum absolute atomic E-state index is 12.5. The zero-order chi connectivity index (χ0) is 34.3. The fraction of sp³-hybridized carbons (Fsp3) is 0.605. The summed E-state index contributed by atoms with van der Waals surface area (Å²) in [5, 5.41) is 9.53. The van der Waals surface area contributed by atoms with E-state index in [-0.39, 0.29) is 36.7 Å². The minimum absolute atomic E-state index is 0.0252. The first-order valence-corrected chi connectivity index (χ1v) is 17.0. The van der Waals surface area contributed by atoms with Gasteiger partial charge in [0.25, 0.3) is 0 Å². The Hall–Kier alpha value is -3.23. The van der Waals surface area contributed by atoms with E-state index in [1.165, 1.54) is 0 Å². The van der Waals surface area contributed by atoms with Crippen molar-refractivity contribution in [2.24, 2.45) is 0 Å². The largest absolute Gasteiger partial charge is 0.477 e. The molecule has 0 saturated heterocycles. The quantitative estimate of drug-likeness (QED) is 0.0302. The van der Waals surface area contributed by atoms with Gasteiger partial charge in [-0.1, -0.05) is 106 Å². The van der Waals surface area contributed by atoms with Crippen LogP contribution < -0.4 is 0 Å². The first-order chi connectivity index (χ1) is 22.1. The average Bonchev–Trinajstić information content (AvgIpc) is 3.00. The molecule has 0 aromatic rings. The Morgan fingerprint density at radius 2 is 1.30 bits per heavy atom. The molecule has 0 spiro atoms. The number of unbranched alkanes of at least 4 members (excludes halogenated alkanes) is 5. The Balaban J connectivity index is 4.50. The van der Waals surface area contributed by atoms with E-state index in [1.807, 2.05) is 63.7 Å². The van der Waals surface area contributed by atoms with E-state index < -0.39 is 24.1 Å². The lowest BCUT2D eigenvalue weighted by Gasteiger charge is -2.31. The summed E-state index contributed by atoms with van der Waals surface area (Å²) < 4.78 is 17.0. The number of carboxylic acid groups (broad SMARTS) is 1. The van der Waals surface area contributed by atoms with Gasteiger partial charge in [-0.15, -0.1) is 0 Å². The molecule has 260 valence electrons. The van der Waals surface area contributed by atoms with Crippen molar-refractivity contribution in [2.75, 3.05) is 41.0 Å². The third-order valence-corrected chi connectivity index (χ3v) is 6.96. The highest BCUT2D eigenvalue weighted by Crippen LogP contribution is 2.11. The molecule has 0 radical (unpaired) electrons. The van der Waals surface area contributed by atoms with Crippen molar-refractivity contribution < 1.29 is 38.2 Å². The lowest BCUT2D eigenvalue weighted by atomic mass is 10.1. The van der Waals surface area contributed by atoms with Gasteiger partial charge in [-0.3, -0.25) is 9.59 Å². The number of likely N-dealkylation sites (N-methyl/N-ethyl adjacent to an activating group) is 1. The normalized spacial score (nSPS) is 14.0. The van der Waals surface area contributed by atoms with E-state index >= 15 is 0 Å². The van der Waals surface area contributed by atoms with Gasteiger partial charge in [-0.25, -0.2) is 4.79 Å². The molecule has 0 aromatic carbocycles. The number of aliphatic carboxylic acids is 1. The predicted octanol–water partition coefficient (Wildman–Crippen LogP) is 8.07. The van der Waals surface area contributed by atoms with Crippen LogP contribution in [0.15, 0.2) is 72.9 Å². The molecule has 8 nitrogen and oxygen atoms in total. The second-order valence-electron chi connectivity index (χ2n) is 12.1. The minimum Gasteiger partial charge on any atom is -0.477 e. The summed E-state index contributed by atoms with van der Waals surface area (Å²) in [5.74, 6) is -1.61. The fourth-order valence-corrected chi connectivity index (χ4v) is 4.34. The summed E-state index contributed by atoms with van der Waals surface area (Å²) in [6.45, 7) is 4.31.